The summed E-state index contributed by atoms with van der Waals surface area (Å²) in [6.07, 6.45) is 0. The lowest BCUT2D eigenvalue weighted by Gasteiger charge is -2.32. The van der Waals surface area contributed by atoms with Crippen molar-refractivity contribution in [3.8, 4) is 39.3 Å². The van der Waals surface area contributed by atoms with Crippen LogP contribution < -0.4 is 5.46 Å². The summed E-state index contributed by atoms with van der Waals surface area (Å²) in [4.78, 5) is 2.68. The summed E-state index contributed by atoms with van der Waals surface area (Å²) in [6, 6.07) is 72.1. The molecule has 2 aliphatic rings. The number of benzene rings is 9. The van der Waals surface area contributed by atoms with Crippen LogP contribution in [0.5, 0.6) is 0 Å². The minimum atomic E-state index is 0.278. The number of aromatic nitrogens is 3. The fourth-order valence-corrected chi connectivity index (χ4v) is 13.5. The fraction of sp³-hybridized carbons (Fsp3) is 0. The van der Waals surface area contributed by atoms with E-state index in [1.54, 1.807) is 0 Å². The van der Waals surface area contributed by atoms with E-state index in [0.717, 1.165) is 11.4 Å². The number of hydrogen-bond donors (Lipinski definition) is 0. The molecule has 5 heterocycles. The maximum absolute atomic E-state index is 2.61. The Balaban J connectivity index is 1.27. The van der Waals surface area contributed by atoms with Crippen LogP contribution in [0.2, 0.25) is 0 Å². The molecule has 0 N–H and O–H groups in total. The van der Waals surface area contributed by atoms with Crippen molar-refractivity contribution in [2.75, 3.05) is 0 Å². The SMILES string of the molecule is c1ccc(-n2c3ccccc3c3c4c5ccccc5n(-c5ccccc5)c4c4c(c5ccccc5n4-c4cc5c6c(c4)-c4ccccc4SB6Sc4ccccc4-5)c32)cc1. The molecule has 3 nitrogen and oxygen atoms in total. The van der Waals surface area contributed by atoms with E-state index in [1.807, 2.05) is 23.2 Å². The molecule has 2 aliphatic heterocycles. The average molecular weight is 798 g/mol. The first kappa shape index (κ1) is 33.0. The molecule has 6 heteroatoms. The number of para-hydroxylation sites is 5. The highest BCUT2D eigenvalue weighted by Crippen LogP contribution is 2.53. The summed E-state index contributed by atoms with van der Waals surface area (Å²) in [7, 11) is 0. The van der Waals surface area contributed by atoms with Gasteiger partial charge in [0, 0.05) is 59.2 Å². The van der Waals surface area contributed by atoms with Crippen LogP contribution in [0.25, 0.3) is 105 Å². The second-order valence-electron chi connectivity index (χ2n) is 15.9. The van der Waals surface area contributed by atoms with Gasteiger partial charge in [-0.3, -0.25) is 0 Å². The van der Waals surface area contributed by atoms with Gasteiger partial charge >= 0.3 is 5.27 Å². The first-order valence-corrected chi connectivity index (χ1v) is 22.3. The van der Waals surface area contributed by atoms with Crippen LogP contribution in [0.4, 0.5) is 0 Å². The summed E-state index contributed by atoms with van der Waals surface area (Å²) in [5.74, 6) is 0. The highest BCUT2D eigenvalue weighted by molar-refractivity contribution is 8.56. The number of rotatable bonds is 3. The van der Waals surface area contributed by atoms with Crippen molar-refractivity contribution in [1.82, 2.24) is 13.7 Å². The topological polar surface area (TPSA) is 14.8 Å². The summed E-state index contributed by atoms with van der Waals surface area (Å²) in [5.41, 5.74) is 17.4. The first-order chi connectivity index (χ1) is 29.8. The maximum Gasteiger partial charge on any atom is 0.318 e. The van der Waals surface area contributed by atoms with Crippen molar-refractivity contribution in [2.24, 2.45) is 0 Å². The molecule has 0 amide bonds. The van der Waals surface area contributed by atoms with Gasteiger partial charge in [0.15, 0.2) is 0 Å². The molecule has 0 aliphatic carbocycles. The minimum absolute atomic E-state index is 0.278. The molecular weight excluding hydrogens is 766 g/mol. The number of nitrogens with zero attached hydrogens (tertiary/aromatic N) is 3. The summed E-state index contributed by atoms with van der Waals surface area (Å²) in [5, 5.41) is 7.82. The largest absolute Gasteiger partial charge is 0.318 e. The normalized spacial score (nSPS) is 13.2. The van der Waals surface area contributed by atoms with Gasteiger partial charge in [-0.15, -0.1) is 0 Å². The van der Waals surface area contributed by atoms with Crippen LogP contribution in [-0.2, 0) is 0 Å². The van der Waals surface area contributed by atoms with E-state index in [-0.39, 0.29) is 5.27 Å². The monoisotopic (exact) mass is 797 g/mol. The van der Waals surface area contributed by atoms with Crippen molar-refractivity contribution in [3.05, 3.63) is 194 Å². The Morgan fingerprint density at radius 1 is 0.317 bits per heavy atom. The zero-order valence-corrected chi connectivity index (χ0v) is 33.8. The van der Waals surface area contributed by atoms with Gasteiger partial charge in [0.05, 0.1) is 33.1 Å². The molecule has 9 aromatic carbocycles. The van der Waals surface area contributed by atoms with Crippen LogP contribution in [-0.4, -0.2) is 19.0 Å². The van der Waals surface area contributed by atoms with Gasteiger partial charge in [-0.1, -0.05) is 127 Å². The second kappa shape index (κ2) is 12.3. The van der Waals surface area contributed by atoms with Gasteiger partial charge in [0.2, 0.25) is 0 Å². The van der Waals surface area contributed by atoms with E-state index in [4.69, 9.17) is 0 Å². The number of fused-ring (bicyclic) bond motifs is 16. The van der Waals surface area contributed by atoms with Crippen LogP contribution >= 0.6 is 23.2 Å². The highest BCUT2D eigenvalue weighted by atomic mass is 32.2. The van der Waals surface area contributed by atoms with Crippen molar-refractivity contribution < 1.29 is 0 Å². The Bertz CT molecular complexity index is 3720. The Kier molecular flexibility index (Phi) is 6.79. The second-order valence-corrected chi connectivity index (χ2v) is 18.5. The van der Waals surface area contributed by atoms with Gasteiger partial charge in [-0.25, -0.2) is 0 Å². The molecule has 0 spiro atoms. The Morgan fingerprint density at radius 3 is 1.23 bits per heavy atom. The molecule has 60 heavy (non-hydrogen) atoms. The summed E-state index contributed by atoms with van der Waals surface area (Å²) in [6.45, 7) is 0. The molecule has 0 atom stereocenters. The molecule has 3 aromatic heterocycles. The zero-order chi connectivity index (χ0) is 39.1. The molecule has 14 rings (SSSR count). The first-order valence-electron chi connectivity index (χ1n) is 20.5. The predicted octanol–water partition coefficient (Wildman–Crippen LogP) is 14.2. The fourth-order valence-electron chi connectivity index (χ4n) is 10.5. The van der Waals surface area contributed by atoms with Gasteiger partial charge in [0.1, 0.15) is 0 Å². The minimum Gasteiger partial charge on any atom is -0.309 e. The third kappa shape index (κ3) is 4.34. The molecule has 12 aromatic rings. The van der Waals surface area contributed by atoms with Gasteiger partial charge in [-0.05, 0) is 94.4 Å². The quantitative estimate of drug-likeness (QED) is 0.165. The standard InChI is InChI=1S/C54H32BN3S2/c1-3-17-33(18-4-1)56-43-26-12-7-23-38(43)48-49-39-24-8-13-27-44(39)57(34-19-5-2-6-20-34)53(49)54-50(52(48)56)40-25-9-14-28-45(40)58(54)35-31-41-36-21-10-15-29-46(36)59-55-51(41)42(32-35)37-22-11-16-30-47(37)60-55/h1-32H. The van der Waals surface area contributed by atoms with Gasteiger partial charge in [-0.2, -0.15) is 23.2 Å². The lowest BCUT2D eigenvalue weighted by Crippen LogP contribution is -2.33. The lowest BCUT2D eigenvalue weighted by atomic mass is 9.77. The van der Waals surface area contributed by atoms with E-state index < -0.39 is 0 Å². The van der Waals surface area contributed by atoms with Gasteiger partial charge < -0.3 is 13.7 Å². The maximum atomic E-state index is 2.61. The van der Waals surface area contributed by atoms with Crippen LogP contribution in [0.1, 0.15) is 0 Å². The van der Waals surface area contributed by atoms with Crippen molar-refractivity contribution in [1.29, 1.82) is 0 Å². The van der Waals surface area contributed by atoms with Gasteiger partial charge in [0.25, 0.3) is 0 Å². The van der Waals surface area contributed by atoms with E-state index in [0.29, 0.717) is 0 Å². The van der Waals surface area contributed by atoms with Crippen LogP contribution in [0, 0.1) is 0 Å². The molecule has 278 valence electrons. The molecular formula is C54H32BN3S2. The highest BCUT2D eigenvalue weighted by Gasteiger charge is 2.37. The molecule has 0 fully saturated rings. The van der Waals surface area contributed by atoms with Crippen molar-refractivity contribution in [3.63, 3.8) is 0 Å². The van der Waals surface area contributed by atoms with Crippen molar-refractivity contribution in [2.45, 2.75) is 9.79 Å². The van der Waals surface area contributed by atoms with E-state index >= 15 is 0 Å². The molecule has 0 saturated heterocycles. The average Bonchev–Trinajstić information content (AvgIpc) is 3.96. The van der Waals surface area contributed by atoms with Crippen molar-refractivity contribution >= 4 is 99.4 Å². The molecule has 0 bridgehead atoms. The third-order valence-electron chi connectivity index (χ3n) is 12.8. The summed E-state index contributed by atoms with van der Waals surface area (Å²) < 4.78 is 7.67. The van der Waals surface area contributed by atoms with E-state index in [9.17, 15) is 0 Å². The lowest BCUT2D eigenvalue weighted by molar-refractivity contribution is 1.15. The third-order valence-corrected chi connectivity index (χ3v) is 15.5. The molecule has 0 saturated carbocycles. The Morgan fingerprint density at radius 2 is 0.700 bits per heavy atom. The van der Waals surface area contributed by atoms with Crippen LogP contribution in [0.15, 0.2) is 204 Å². The molecule has 0 radical (unpaired) electrons. The van der Waals surface area contributed by atoms with E-state index in [2.05, 4.69) is 208 Å². The summed E-state index contributed by atoms with van der Waals surface area (Å²) >= 11 is 3.99. The zero-order valence-electron chi connectivity index (χ0n) is 32.2. The smallest absolute Gasteiger partial charge is 0.309 e. The van der Waals surface area contributed by atoms with E-state index in [1.165, 1.54) is 109 Å². The van der Waals surface area contributed by atoms with Crippen LogP contribution in [0.3, 0.4) is 0 Å². The predicted molar refractivity (Wildman–Crippen MR) is 257 cm³/mol. The molecule has 0 unspecified atom stereocenters. The Hall–Kier alpha value is -6.86. The number of hydrogen-bond acceptors (Lipinski definition) is 2. The Labute approximate surface area is 354 Å².